The number of rotatable bonds is 5. The fourth-order valence-corrected chi connectivity index (χ4v) is 1.88. The third-order valence-corrected chi connectivity index (χ3v) is 3.23. The highest BCUT2D eigenvalue weighted by atomic mass is 35.5. The van der Waals surface area contributed by atoms with Gasteiger partial charge in [-0.1, -0.05) is 11.9 Å². The molecule has 0 amide bonds. The van der Waals surface area contributed by atoms with Gasteiger partial charge in [-0.25, -0.2) is 5.32 Å². The number of hydrogen-bond acceptors (Lipinski definition) is 4. The van der Waals surface area contributed by atoms with Gasteiger partial charge in [0.15, 0.2) is 6.20 Å². The van der Waals surface area contributed by atoms with Crippen LogP contribution in [-0.4, -0.2) is 11.9 Å². The highest BCUT2D eigenvalue weighted by molar-refractivity contribution is 5.84. The van der Waals surface area contributed by atoms with Gasteiger partial charge in [-0.3, -0.25) is 0 Å². The predicted octanol–water partition coefficient (Wildman–Crippen LogP) is -1.09. The molecule has 0 saturated heterocycles. The summed E-state index contributed by atoms with van der Waals surface area (Å²) in [6.45, 7) is 4.40. The highest BCUT2D eigenvalue weighted by Gasteiger charge is 2.20. The molecule has 19 heavy (non-hydrogen) atoms. The van der Waals surface area contributed by atoms with E-state index in [2.05, 4.69) is 29.5 Å². The molecule has 1 aromatic carbocycles. The Morgan fingerprint density at radius 1 is 1.26 bits per heavy atom. The lowest BCUT2D eigenvalue weighted by atomic mass is 9.99. The van der Waals surface area contributed by atoms with Crippen molar-refractivity contribution in [3.63, 3.8) is 0 Å². The second-order valence-corrected chi connectivity index (χ2v) is 4.77. The number of aliphatic imine (C=N–C) groups is 1. The van der Waals surface area contributed by atoms with Crippen LogP contribution in [0.15, 0.2) is 36.7 Å². The summed E-state index contributed by atoms with van der Waals surface area (Å²) in [5.74, 6) is 1.53. The average molecular weight is 280 g/mol. The number of anilines is 2. The lowest BCUT2D eigenvalue weighted by Crippen LogP contribution is -3.00. The Balaban J connectivity index is 0.00000180. The van der Waals surface area contributed by atoms with Crippen LogP contribution in [0.1, 0.15) is 20.3 Å². The van der Waals surface area contributed by atoms with Gasteiger partial charge < -0.3 is 23.5 Å². The van der Waals surface area contributed by atoms with Crippen LogP contribution in [0.2, 0.25) is 0 Å². The molecule has 4 nitrogen and oxygen atoms in total. The largest absolute Gasteiger partial charge is 1.00 e. The van der Waals surface area contributed by atoms with Gasteiger partial charge in [-0.2, -0.15) is 0 Å². The molecule has 1 radical (unpaired) electrons. The molecule has 1 heterocycles. The molecular formula is C14H20ClN4. The van der Waals surface area contributed by atoms with Gasteiger partial charge in [-0.15, -0.1) is 0 Å². The summed E-state index contributed by atoms with van der Waals surface area (Å²) >= 11 is 0. The molecule has 1 aromatic rings. The first kappa shape index (κ1) is 15.4. The topological polar surface area (TPSA) is 64.2 Å². The van der Waals surface area contributed by atoms with Gasteiger partial charge in [0, 0.05) is 17.4 Å². The third kappa shape index (κ3) is 4.48. The molecule has 2 rings (SSSR count). The molecule has 0 bridgehead atoms. The van der Waals surface area contributed by atoms with Crippen LogP contribution in [0.25, 0.3) is 0 Å². The van der Waals surface area contributed by atoms with Gasteiger partial charge in [0.05, 0.1) is 6.42 Å². The summed E-state index contributed by atoms with van der Waals surface area (Å²) in [5.41, 5.74) is 7.56. The van der Waals surface area contributed by atoms with E-state index in [4.69, 9.17) is 5.73 Å². The number of halogens is 1. The number of nitrogens with one attached hydrogen (secondary N) is 2. The van der Waals surface area contributed by atoms with Crippen LogP contribution < -0.4 is 33.8 Å². The van der Waals surface area contributed by atoms with E-state index < -0.39 is 0 Å². The van der Waals surface area contributed by atoms with Crippen molar-refractivity contribution in [2.24, 2.45) is 5.92 Å². The first-order valence-corrected chi connectivity index (χ1v) is 6.25. The summed E-state index contributed by atoms with van der Waals surface area (Å²) in [4.78, 5) is 4.26. The Morgan fingerprint density at radius 2 is 1.95 bits per heavy atom. The summed E-state index contributed by atoms with van der Waals surface area (Å²) in [6.07, 6.45) is 4.59. The van der Waals surface area contributed by atoms with Crippen LogP contribution in [0.5, 0.6) is 0 Å². The molecule has 1 aliphatic rings. The fourth-order valence-electron chi connectivity index (χ4n) is 1.88. The molecule has 5 heteroatoms. The van der Waals surface area contributed by atoms with Gasteiger partial charge >= 0.3 is 0 Å². The van der Waals surface area contributed by atoms with Crippen molar-refractivity contribution >= 4 is 17.2 Å². The fraction of sp³-hybridized carbons (Fsp3) is 0.357. The molecule has 2 unspecified atom stereocenters. The van der Waals surface area contributed by atoms with E-state index in [1.54, 1.807) is 6.20 Å². The Hall–Kier alpha value is -1.68. The minimum atomic E-state index is 0. The van der Waals surface area contributed by atoms with Crippen molar-refractivity contribution in [3.05, 3.63) is 36.7 Å². The monoisotopic (exact) mass is 279 g/mol. The Labute approximate surface area is 120 Å². The first-order valence-electron chi connectivity index (χ1n) is 6.25. The van der Waals surface area contributed by atoms with E-state index in [-0.39, 0.29) is 12.4 Å². The molecule has 0 fully saturated rings. The quantitative estimate of drug-likeness (QED) is 0.600. The summed E-state index contributed by atoms with van der Waals surface area (Å²) in [6, 6.07) is 8.20. The maximum Gasteiger partial charge on any atom is 0.296 e. The van der Waals surface area contributed by atoms with E-state index >= 15 is 0 Å². The zero-order valence-electron chi connectivity index (χ0n) is 11.2. The van der Waals surface area contributed by atoms with Crippen molar-refractivity contribution in [2.75, 3.05) is 11.1 Å². The number of nitrogens with two attached hydrogens (primary N) is 1. The lowest BCUT2D eigenvalue weighted by molar-refractivity contribution is -0.00000400. The number of nitrogen functional groups attached to an aromatic ring is 1. The Morgan fingerprint density at radius 3 is 2.53 bits per heavy atom. The van der Waals surface area contributed by atoms with Crippen molar-refractivity contribution < 1.29 is 12.4 Å². The number of hydrogen-bond donors (Lipinski definition) is 3. The molecule has 2 atom stereocenters. The minimum Gasteiger partial charge on any atom is -1.00 e. The second-order valence-electron chi connectivity index (χ2n) is 4.77. The molecule has 0 aromatic heterocycles. The SMILES string of the molecule is CC(CC1=[N+]C=CN1)C(C)Nc1ccc(N)cc1.[Cl-]. The van der Waals surface area contributed by atoms with Crippen LogP contribution in [0.4, 0.5) is 11.4 Å². The summed E-state index contributed by atoms with van der Waals surface area (Å²) in [5, 5.41) is 6.62. The van der Waals surface area contributed by atoms with Crippen molar-refractivity contribution in [1.29, 1.82) is 0 Å². The predicted molar refractivity (Wildman–Crippen MR) is 77.1 cm³/mol. The van der Waals surface area contributed by atoms with E-state index in [0.717, 1.165) is 23.6 Å². The average Bonchev–Trinajstić information content (AvgIpc) is 2.85. The summed E-state index contributed by atoms with van der Waals surface area (Å²) in [7, 11) is 0. The Kier molecular flexibility index (Phi) is 5.70. The zero-order chi connectivity index (χ0) is 13.0. The van der Waals surface area contributed by atoms with Gasteiger partial charge in [0.2, 0.25) is 0 Å². The molecule has 0 spiro atoms. The molecule has 0 aliphatic carbocycles. The number of nitrogens with zero attached hydrogens (tertiary/aromatic N) is 1. The van der Waals surface area contributed by atoms with Crippen LogP contribution in [0, 0.1) is 5.92 Å². The maximum absolute atomic E-state index is 5.67. The number of benzene rings is 1. The van der Waals surface area contributed by atoms with Gasteiger partial charge in [0.1, 0.15) is 6.20 Å². The van der Waals surface area contributed by atoms with Gasteiger partial charge in [-0.05, 0) is 37.1 Å². The smallest absolute Gasteiger partial charge is 0.296 e. The normalized spacial score (nSPS) is 16.0. The molecule has 103 valence electrons. The lowest BCUT2D eigenvalue weighted by Gasteiger charge is -2.21. The van der Waals surface area contributed by atoms with Gasteiger partial charge in [0.25, 0.3) is 5.84 Å². The maximum atomic E-state index is 5.67. The first-order chi connectivity index (χ1) is 8.65. The molecule has 0 saturated carbocycles. The standard InChI is InChI=1S/C14H20N4.ClH/c1-10(9-14-16-7-8-17-14)11(2)18-13-5-3-12(15)4-6-13;/h3-8,10-11,16,18H,9,15H2,1-2H3;1H/q+1;/p-1. The molecule has 4 N–H and O–H groups in total. The van der Waals surface area contributed by atoms with E-state index in [1.165, 1.54) is 0 Å². The van der Waals surface area contributed by atoms with Crippen molar-refractivity contribution in [1.82, 2.24) is 10.3 Å². The zero-order valence-corrected chi connectivity index (χ0v) is 12.0. The Bertz CT molecular complexity index is 453. The molecular weight excluding hydrogens is 260 g/mol. The molecule has 1 aliphatic heterocycles. The third-order valence-electron chi connectivity index (χ3n) is 3.23. The van der Waals surface area contributed by atoms with E-state index in [1.807, 2.05) is 30.5 Å². The van der Waals surface area contributed by atoms with E-state index in [0.29, 0.717) is 12.0 Å². The minimum absolute atomic E-state index is 0. The second kappa shape index (κ2) is 7.04. The van der Waals surface area contributed by atoms with Crippen molar-refractivity contribution in [2.45, 2.75) is 26.3 Å². The highest BCUT2D eigenvalue weighted by Crippen LogP contribution is 2.16. The van der Waals surface area contributed by atoms with Crippen molar-refractivity contribution in [3.8, 4) is 0 Å². The number of amidine groups is 1. The van der Waals surface area contributed by atoms with Crippen LogP contribution in [0.3, 0.4) is 0 Å². The summed E-state index contributed by atoms with van der Waals surface area (Å²) < 4.78 is 0. The van der Waals surface area contributed by atoms with E-state index in [9.17, 15) is 0 Å². The van der Waals surface area contributed by atoms with Crippen LogP contribution in [-0.2, 0) is 0 Å². The van der Waals surface area contributed by atoms with Crippen LogP contribution >= 0.6 is 0 Å².